The Morgan fingerprint density at radius 3 is 2.13 bits per heavy atom. The van der Waals surface area contributed by atoms with Gasteiger partial charge in [-0.05, 0) is 93.4 Å². The van der Waals surface area contributed by atoms with Gasteiger partial charge in [0.1, 0.15) is 11.8 Å². The third kappa shape index (κ3) is 3.30. The maximum atomic E-state index is 13.7. The number of amides is 1. The lowest BCUT2D eigenvalue weighted by Gasteiger charge is -2.56. The van der Waals surface area contributed by atoms with Gasteiger partial charge in [-0.3, -0.25) is 4.79 Å². The smallest absolute Gasteiger partial charge is 0.337 e. The average Bonchev–Trinajstić information content (AvgIpc) is 3.22. The molecule has 1 aromatic rings. The fourth-order valence-corrected chi connectivity index (χ4v) is 6.89. The lowest BCUT2D eigenvalue weighted by Crippen LogP contribution is -2.56. The van der Waals surface area contributed by atoms with Crippen molar-refractivity contribution in [3.63, 3.8) is 0 Å². The van der Waals surface area contributed by atoms with Crippen molar-refractivity contribution < 1.29 is 23.9 Å². The second-order valence-corrected chi connectivity index (χ2v) is 9.79. The zero-order valence-electron chi connectivity index (χ0n) is 17.5. The third-order valence-corrected chi connectivity index (χ3v) is 7.77. The number of methoxy groups -OCH3 is 1. The predicted octanol–water partition coefficient (Wildman–Crippen LogP) is 3.59. The normalized spacial score (nSPS) is 34.1. The maximum absolute atomic E-state index is 13.7. The number of likely N-dealkylation sites (tertiary alicyclic amines) is 1. The van der Waals surface area contributed by atoms with Crippen molar-refractivity contribution >= 4 is 17.8 Å². The van der Waals surface area contributed by atoms with Crippen LogP contribution in [-0.4, -0.2) is 42.4 Å². The number of esters is 2. The Morgan fingerprint density at radius 2 is 1.57 bits per heavy atom. The molecule has 6 heteroatoms. The molecule has 6 rings (SSSR count). The molecule has 4 saturated carbocycles. The second-order valence-electron chi connectivity index (χ2n) is 9.79. The van der Waals surface area contributed by atoms with Crippen molar-refractivity contribution in [2.75, 3.05) is 13.7 Å². The Morgan fingerprint density at radius 1 is 0.967 bits per heavy atom. The van der Waals surface area contributed by atoms with Crippen LogP contribution in [0.5, 0.6) is 5.75 Å². The van der Waals surface area contributed by atoms with E-state index in [0.29, 0.717) is 42.0 Å². The minimum atomic E-state index is -0.509. The third-order valence-electron chi connectivity index (χ3n) is 7.77. The van der Waals surface area contributed by atoms with Gasteiger partial charge in [0.2, 0.25) is 5.91 Å². The van der Waals surface area contributed by atoms with Crippen molar-refractivity contribution in [2.24, 2.45) is 23.2 Å². The number of ether oxygens (including phenoxy) is 2. The summed E-state index contributed by atoms with van der Waals surface area (Å²) in [5.74, 6) is 1.85. The van der Waals surface area contributed by atoms with Crippen molar-refractivity contribution in [2.45, 2.75) is 57.4 Å². The number of benzene rings is 1. The minimum absolute atomic E-state index is 0.196. The molecule has 5 fully saturated rings. The van der Waals surface area contributed by atoms with E-state index in [9.17, 15) is 14.4 Å². The number of carbonyl (C=O) groups is 3. The van der Waals surface area contributed by atoms with Crippen LogP contribution in [0.4, 0.5) is 0 Å². The van der Waals surface area contributed by atoms with Crippen LogP contribution < -0.4 is 4.74 Å². The van der Waals surface area contributed by atoms with Crippen molar-refractivity contribution in [1.82, 2.24) is 4.90 Å². The number of hydrogen-bond donors (Lipinski definition) is 0. The lowest BCUT2D eigenvalue weighted by molar-refractivity contribution is -0.162. The van der Waals surface area contributed by atoms with Gasteiger partial charge < -0.3 is 14.4 Å². The zero-order chi connectivity index (χ0) is 20.9. The molecule has 0 aromatic heterocycles. The molecule has 30 heavy (non-hydrogen) atoms. The molecule has 0 spiro atoms. The van der Waals surface area contributed by atoms with E-state index in [0.717, 1.165) is 25.7 Å². The second kappa shape index (κ2) is 7.40. The first-order valence-corrected chi connectivity index (χ1v) is 11.2. The van der Waals surface area contributed by atoms with Crippen LogP contribution in [0.1, 0.15) is 61.7 Å². The fraction of sp³-hybridized carbons (Fsp3) is 0.625. The van der Waals surface area contributed by atoms with Crippen LogP contribution in [0.15, 0.2) is 24.3 Å². The van der Waals surface area contributed by atoms with Crippen LogP contribution in [0.25, 0.3) is 0 Å². The average molecular weight is 411 g/mol. The molecule has 1 atom stereocenters. The molecule has 1 saturated heterocycles. The van der Waals surface area contributed by atoms with Gasteiger partial charge in [-0.15, -0.1) is 0 Å². The van der Waals surface area contributed by atoms with Crippen LogP contribution >= 0.6 is 0 Å². The molecule has 0 N–H and O–H groups in total. The summed E-state index contributed by atoms with van der Waals surface area (Å²) < 4.78 is 10.3. The van der Waals surface area contributed by atoms with E-state index in [2.05, 4.69) is 4.74 Å². The lowest BCUT2D eigenvalue weighted by atomic mass is 9.49. The largest absolute Gasteiger partial charge is 0.465 e. The SMILES string of the molecule is COC(=O)c1ccc(OC(=O)[C@@H]2CCCN2C(=O)C23CC4CC(CC(C4)C2)C3)cc1. The Kier molecular flexibility index (Phi) is 4.83. The van der Waals surface area contributed by atoms with Gasteiger partial charge in [-0.2, -0.15) is 0 Å². The van der Waals surface area contributed by atoms with Gasteiger partial charge in [0, 0.05) is 6.54 Å². The van der Waals surface area contributed by atoms with E-state index < -0.39 is 12.0 Å². The molecule has 160 valence electrons. The van der Waals surface area contributed by atoms with Gasteiger partial charge in [0.15, 0.2) is 0 Å². The predicted molar refractivity (Wildman–Crippen MR) is 109 cm³/mol. The molecular formula is C24H29NO5. The van der Waals surface area contributed by atoms with Gasteiger partial charge >= 0.3 is 11.9 Å². The summed E-state index contributed by atoms with van der Waals surface area (Å²) in [6.07, 6.45) is 8.37. The fourth-order valence-electron chi connectivity index (χ4n) is 6.89. The number of nitrogens with zero attached hydrogens (tertiary/aromatic N) is 1. The summed E-state index contributed by atoms with van der Waals surface area (Å²) in [6.45, 7) is 0.641. The monoisotopic (exact) mass is 411 g/mol. The minimum Gasteiger partial charge on any atom is -0.465 e. The van der Waals surface area contributed by atoms with Gasteiger partial charge in [0.05, 0.1) is 18.1 Å². The highest BCUT2D eigenvalue weighted by atomic mass is 16.5. The highest BCUT2D eigenvalue weighted by Gasteiger charge is 2.57. The molecule has 0 radical (unpaired) electrons. The molecule has 1 aliphatic heterocycles. The Labute approximate surface area is 176 Å². The molecule has 6 nitrogen and oxygen atoms in total. The van der Waals surface area contributed by atoms with E-state index in [1.807, 2.05) is 4.90 Å². The first kappa shape index (κ1) is 19.6. The van der Waals surface area contributed by atoms with Crippen LogP contribution in [0.3, 0.4) is 0 Å². The number of rotatable bonds is 4. The molecule has 1 aromatic carbocycles. The summed E-state index contributed by atoms with van der Waals surface area (Å²) in [5.41, 5.74) is 0.163. The van der Waals surface area contributed by atoms with Gasteiger partial charge in [0.25, 0.3) is 0 Å². The number of carbonyl (C=O) groups excluding carboxylic acids is 3. The quantitative estimate of drug-likeness (QED) is 0.559. The molecule has 4 aliphatic carbocycles. The summed E-state index contributed by atoms with van der Waals surface area (Å²) >= 11 is 0. The topological polar surface area (TPSA) is 72.9 Å². The van der Waals surface area contributed by atoms with E-state index in [-0.39, 0.29) is 17.3 Å². The van der Waals surface area contributed by atoms with E-state index >= 15 is 0 Å². The maximum Gasteiger partial charge on any atom is 0.337 e. The van der Waals surface area contributed by atoms with Gasteiger partial charge in [-0.1, -0.05) is 0 Å². The molecule has 1 heterocycles. The Hall–Kier alpha value is -2.37. The van der Waals surface area contributed by atoms with Crippen LogP contribution in [0, 0.1) is 23.2 Å². The molecule has 1 amide bonds. The van der Waals surface area contributed by atoms with E-state index in [1.54, 1.807) is 24.3 Å². The molecule has 5 aliphatic rings. The summed E-state index contributed by atoms with van der Waals surface area (Å²) in [5, 5.41) is 0. The number of hydrogen-bond acceptors (Lipinski definition) is 5. The van der Waals surface area contributed by atoms with Gasteiger partial charge in [-0.25, -0.2) is 9.59 Å². The van der Waals surface area contributed by atoms with Crippen molar-refractivity contribution in [3.8, 4) is 5.75 Å². The molecule has 0 unspecified atom stereocenters. The zero-order valence-corrected chi connectivity index (χ0v) is 17.5. The first-order valence-electron chi connectivity index (χ1n) is 11.2. The van der Waals surface area contributed by atoms with E-state index in [4.69, 9.17) is 4.74 Å². The first-order chi connectivity index (χ1) is 14.5. The molecular weight excluding hydrogens is 382 g/mol. The van der Waals surface area contributed by atoms with E-state index in [1.165, 1.54) is 26.4 Å². The Bertz CT molecular complexity index is 826. The summed E-state index contributed by atoms with van der Waals surface area (Å²) in [4.78, 5) is 40.0. The summed E-state index contributed by atoms with van der Waals surface area (Å²) in [7, 11) is 1.33. The summed E-state index contributed by atoms with van der Waals surface area (Å²) in [6, 6.07) is 5.81. The van der Waals surface area contributed by atoms with Crippen LogP contribution in [0.2, 0.25) is 0 Å². The highest BCUT2D eigenvalue weighted by molar-refractivity contribution is 5.91. The van der Waals surface area contributed by atoms with Crippen molar-refractivity contribution in [1.29, 1.82) is 0 Å². The Balaban J connectivity index is 1.28. The highest BCUT2D eigenvalue weighted by Crippen LogP contribution is 2.60. The standard InChI is InChI=1S/C24H29NO5/c1-29-21(26)18-4-6-19(7-5-18)30-22(27)20-3-2-8-25(20)23(28)24-12-15-9-16(13-24)11-17(10-15)14-24/h4-7,15-17,20H,2-3,8-14H2,1H3/t15?,16?,17?,20-,24?/m0/s1. The van der Waals surface area contributed by atoms with Crippen molar-refractivity contribution in [3.05, 3.63) is 29.8 Å². The molecule has 4 bridgehead atoms. The van der Waals surface area contributed by atoms with Crippen LogP contribution in [-0.2, 0) is 14.3 Å².